The summed E-state index contributed by atoms with van der Waals surface area (Å²) in [6.45, 7) is 7.01. The van der Waals surface area contributed by atoms with Crippen LogP contribution in [0.3, 0.4) is 0 Å². The van der Waals surface area contributed by atoms with Gasteiger partial charge in [-0.2, -0.15) is 5.10 Å². The maximum atomic E-state index is 12.4. The Hall–Kier alpha value is -2.15. The normalized spacial score (nSPS) is 16.6. The summed E-state index contributed by atoms with van der Waals surface area (Å²) < 4.78 is 5.77. The maximum absolute atomic E-state index is 12.4. The third-order valence-corrected chi connectivity index (χ3v) is 4.23. The van der Waals surface area contributed by atoms with Gasteiger partial charge in [-0.25, -0.2) is 4.98 Å². The van der Waals surface area contributed by atoms with Crippen molar-refractivity contribution in [2.24, 2.45) is 0 Å². The summed E-state index contributed by atoms with van der Waals surface area (Å²) in [6.07, 6.45) is 4.71. The Morgan fingerprint density at radius 3 is 2.91 bits per heavy atom. The Morgan fingerprint density at radius 2 is 2.26 bits per heavy atom. The molecule has 124 valence electrons. The van der Waals surface area contributed by atoms with Crippen LogP contribution in [0.1, 0.15) is 60.4 Å². The number of aromatic amines is 1. The average molecular weight is 317 g/mol. The van der Waals surface area contributed by atoms with Crippen molar-refractivity contribution in [1.29, 1.82) is 0 Å². The summed E-state index contributed by atoms with van der Waals surface area (Å²) >= 11 is 0. The molecule has 1 saturated heterocycles. The fourth-order valence-corrected chi connectivity index (χ4v) is 2.95. The number of hydrogen-bond donors (Lipinski definition) is 2. The Balaban J connectivity index is 1.69. The molecule has 0 radical (unpaired) electrons. The number of H-pyrrole nitrogens is 1. The van der Waals surface area contributed by atoms with Crippen molar-refractivity contribution in [1.82, 2.24) is 25.4 Å². The maximum Gasteiger partial charge on any atom is 0.287 e. The van der Waals surface area contributed by atoms with Crippen molar-refractivity contribution in [3.8, 4) is 0 Å². The molecule has 1 aliphatic heterocycles. The average Bonchev–Trinajstić information content (AvgIpc) is 3.29. The lowest BCUT2D eigenvalue weighted by atomic mass is 10.2. The summed E-state index contributed by atoms with van der Waals surface area (Å²) in [5.41, 5.74) is 1.12. The van der Waals surface area contributed by atoms with Gasteiger partial charge in [0.15, 0.2) is 5.76 Å². The molecular weight excluding hydrogens is 294 g/mol. The first kappa shape index (κ1) is 15.7. The van der Waals surface area contributed by atoms with Crippen molar-refractivity contribution in [2.45, 2.75) is 45.7 Å². The highest BCUT2D eigenvalue weighted by molar-refractivity contribution is 5.92. The van der Waals surface area contributed by atoms with Crippen LogP contribution in [0.5, 0.6) is 0 Å². The number of aromatic nitrogens is 3. The van der Waals surface area contributed by atoms with Crippen LogP contribution in [-0.4, -0.2) is 39.1 Å². The zero-order chi connectivity index (χ0) is 16.2. The molecule has 3 rings (SSSR count). The number of carbonyl (C=O) groups excluding carboxylic acids is 1. The van der Waals surface area contributed by atoms with Gasteiger partial charge in [-0.3, -0.25) is 14.8 Å². The number of aryl methyl sites for hydroxylation is 1. The number of rotatable bonds is 6. The molecule has 2 N–H and O–H groups in total. The standard InChI is InChI=1S/C16H23N5O2/c1-3-13-12(9-21-6-4-5-7-21)8-14(23-13)16(22)19-11(2)15-17-10-18-20-15/h8,10-11H,3-7,9H2,1-2H3,(H,19,22)(H,17,18,20)/t11-/m0/s1. The smallest absolute Gasteiger partial charge is 0.287 e. The van der Waals surface area contributed by atoms with Crippen molar-refractivity contribution in [3.63, 3.8) is 0 Å². The van der Waals surface area contributed by atoms with Crippen LogP contribution in [0, 0.1) is 0 Å². The molecule has 0 aliphatic carbocycles. The van der Waals surface area contributed by atoms with Gasteiger partial charge in [0.2, 0.25) is 0 Å². The summed E-state index contributed by atoms with van der Waals surface area (Å²) in [5.74, 6) is 1.66. The van der Waals surface area contributed by atoms with Gasteiger partial charge in [0.25, 0.3) is 5.91 Å². The minimum Gasteiger partial charge on any atom is -0.456 e. The molecule has 0 bridgehead atoms. The fraction of sp³-hybridized carbons (Fsp3) is 0.562. The first-order valence-corrected chi connectivity index (χ1v) is 8.17. The van der Waals surface area contributed by atoms with Crippen LogP contribution >= 0.6 is 0 Å². The van der Waals surface area contributed by atoms with E-state index in [4.69, 9.17) is 4.42 Å². The lowest BCUT2D eigenvalue weighted by molar-refractivity contribution is 0.0908. The summed E-state index contributed by atoms with van der Waals surface area (Å²) in [6, 6.07) is 1.63. The van der Waals surface area contributed by atoms with Crippen molar-refractivity contribution in [3.05, 3.63) is 35.3 Å². The van der Waals surface area contributed by atoms with E-state index in [0.717, 1.165) is 37.4 Å². The van der Waals surface area contributed by atoms with Crippen LogP contribution in [-0.2, 0) is 13.0 Å². The van der Waals surface area contributed by atoms with Gasteiger partial charge in [0, 0.05) is 18.5 Å². The monoisotopic (exact) mass is 317 g/mol. The van der Waals surface area contributed by atoms with Crippen LogP contribution < -0.4 is 5.32 Å². The zero-order valence-corrected chi connectivity index (χ0v) is 13.6. The van der Waals surface area contributed by atoms with Gasteiger partial charge in [-0.1, -0.05) is 6.92 Å². The van der Waals surface area contributed by atoms with Gasteiger partial charge in [-0.15, -0.1) is 0 Å². The lowest BCUT2D eigenvalue weighted by Gasteiger charge is -2.13. The first-order chi connectivity index (χ1) is 11.2. The number of nitrogens with zero attached hydrogens (tertiary/aromatic N) is 3. The quantitative estimate of drug-likeness (QED) is 0.851. The molecule has 0 saturated carbocycles. The third kappa shape index (κ3) is 3.61. The molecule has 2 aromatic rings. The molecule has 23 heavy (non-hydrogen) atoms. The highest BCUT2D eigenvalue weighted by Crippen LogP contribution is 2.21. The topological polar surface area (TPSA) is 87.0 Å². The molecule has 0 spiro atoms. The van der Waals surface area contributed by atoms with E-state index in [2.05, 4.69) is 25.4 Å². The van der Waals surface area contributed by atoms with E-state index >= 15 is 0 Å². The van der Waals surface area contributed by atoms with Crippen molar-refractivity contribution in [2.75, 3.05) is 13.1 Å². The number of hydrogen-bond acceptors (Lipinski definition) is 5. The summed E-state index contributed by atoms with van der Waals surface area (Å²) in [7, 11) is 0. The number of nitrogens with one attached hydrogen (secondary N) is 2. The van der Waals surface area contributed by atoms with Gasteiger partial charge >= 0.3 is 0 Å². The SMILES string of the molecule is CCc1oc(C(=O)N[C@@H](C)c2ncn[nH]2)cc1CN1CCCC1. The second-order valence-corrected chi connectivity index (χ2v) is 5.96. The molecule has 0 aromatic carbocycles. The predicted molar refractivity (Wildman–Crippen MR) is 84.9 cm³/mol. The predicted octanol–water partition coefficient (Wildman–Crippen LogP) is 2.05. The molecule has 1 aliphatic rings. The number of furan rings is 1. The number of carbonyl (C=O) groups is 1. The third-order valence-electron chi connectivity index (χ3n) is 4.23. The van der Waals surface area contributed by atoms with Crippen molar-refractivity contribution >= 4 is 5.91 Å². The first-order valence-electron chi connectivity index (χ1n) is 8.17. The fourth-order valence-electron chi connectivity index (χ4n) is 2.95. The largest absolute Gasteiger partial charge is 0.456 e. The molecule has 1 fully saturated rings. The van der Waals surface area contributed by atoms with E-state index in [1.54, 1.807) is 0 Å². The van der Waals surface area contributed by atoms with E-state index in [-0.39, 0.29) is 11.9 Å². The second kappa shape index (κ2) is 6.95. The molecule has 2 aromatic heterocycles. The lowest BCUT2D eigenvalue weighted by Crippen LogP contribution is -2.27. The summed E-state index contributed by atoms with van der Waals surface area (Å²) in [4.78, 5) is 18.8. The Kier molecular flexibility index (Phi) is 4.76. The Morgan fingerprint density at radius 1 is 1.48 bits per heavy atom. The van der Waals surface area contributed by atoms with Crippen LogP contribution in [0.15, 0.2) is 16.8 Å². The molecule has 7 heteroatoms. The number of amides is 1. The van der Waals surface area contributed by atoms with Crippen molar-refractivity contribution < 1.29 is 9.21 Å². The highest BCUT2D eigenvalue weighted by Gasteiger charge is 2.21. The Labute approximate surface area is 135 Å². The van der Waals surface area contributed by atoms with E-state index in [1.165, 1.54) is 19.2 Å². The zero-order valence-electron chi connectivity index (χ0n) is 13.6. The molecule has 1 atom stereocenters. The molecular formula is C16H23N5O2. The highest BCUT2D eigenvalue weighted by atomic mass is 16.4. The van der Waals surface area contributed by atoms with E-state index in [1.807, 2.05) is 19.9 Å². The molecule has 0 unspecified atom stereocenters. The molecule has 1 amide bonds. The van der Waals surface area contributed by atoms with Gasteiger partial charge in [0.05, 0.1) is 6.04 Å². The van der Waals surface area contributed by atoms with Crippen LogP contribution in [0.4, 0.5) is 0 Å². The minimum atomic E-state index is -0.248. The minimum absolute atomic E-state index is 0.226. The van der Waals surface area contributed by atoms with Gasteiger partial charge in [-0.05, 0) is 38.9 Å². The summed E-state index contributed by atoms with van der Waals surface area (Å²) in [5, 5.41) is 9.43. The Bertz CT molecular complexity index is 643. The van der Waals surface area contributed by atoms with Crippen LogP contribution in [0.25, 0.3) is 0 Å². The van der Waals surface area contributed by atoms with Gasteiger partial charge in [0.1, 0.15) is 17.9 Å². The molecule has 3 heterocycles. The van der Waals surface area contributed by atoms with E-state index in [9.17, 15) is 4.79 Å². The van der Waals surface area contributed by atoms with Crippen LogP contribution in [0.2, 0.25) is 0 Å². The molecule has 7 nitrogen and oxygen atoms in total. The number of likely N-dealkylation sites (tertiary alicyclic amines) is 1. The van der Waals surface area contributed by atoms with E-state index in [0.29, 0.717) is 11.6 Å². The van der Waals surface area contributed by atoms with E-state index < -0.39 is 0 Å². The second-order valence-electron chi connectivity index (χ2n) is 5.96. The van der Waals surface area contributed by atoms with Gasteiger partial charge < -0.3 is 9.73 Å².